The molecule has 0 spiro atoms. The highest BCUT2D eigenvalue weighted by Crippen LogP contribution is 2.21. The molecule has 8 heteroatoms. The summed E-state index contributed by atoms with van der Waals surface area (Å²) in [5.41, 5.74) is 3.47. The molecule has 0 unspecified atom stereocenters. The minimum Gasteiger partial charge on any atom is -0.344 e. The van der Waals surface area contributed by atoms with E-state index in [1.807, 2.05) is 58.0 Å². The minimum absolute atomic E-state index is 0.152. The maximum atomic E-state index is 13.0. The summed E-state index contributed by atoms with van der Waals surface area (Å²) in [6, 6.07) is 19.9. The maximum Gasteiger partial charge on any atom is 0.261 e. The molecule has 0 saturated carbocycles. The lowest BCUT2D eigenvalue weighted by atomic mass is 10.0. The maximum absolute atomic E-state index is 13.0. The van der Waals surface area contributed by atoms with Gasteiger partial charge in [-0.05, 0) is 66.8 Å². The third-order valence-corrected chi connectivity index (χ3v) is 7.02. The number of amides is 2. The first-order valence-corrected chi connectivity index (χ1v) is 12.9. The number of sulfonamides is 1. The molecular formula is C27H31N3O4S. The molecule has 3 aromatic carbocycles. The number of hydrogen-bond acceptors (Lipinski definition) is 4. The monoisotopic (exact) mass is 493 g/mol. The average molecular weight is 494 g/mol. The highest BCUT2D eigenvalue weighted by atomic mass is 32.2. The first-order chi connectivity index (χ1) is 16.5. The molecule has 0 heterocycles. The Morgan fingerprint density at radius 1 is 0.829 bits per heavy atom. The van der Waals surface area contributed by atoms with E-state index in [1.54, 1.807) is 42.5 Å². The molecule has 0 radical (unpaired) electrons. The van der Waals surface area contributed by atoms with Gasteiger partial charge in [-0.3, -0.25) is 14.3 Å². The molecule has 0 saturated heterocycles. The number of hydrogen-bond donors (Lipinski definition) is 3. The lowest BCUT2D eigenvalue weighted by Gasteiger charge is -2.22. The summed E-state index contributed by atoms with van der Waals surface area (Å²) >= 11 is 0. The highest BCUT2D eigenvalue weighted by Gasteiger charge is 2.24. The summed E-state index contributed by atoms with van der Waals surface area (Å²) in [5.74, 6) is -0.781. The molecule has 35 heavy (non-hydrogen) atoms. The predicted molar refractivity (Wildman–Crippen MR) is 139 cm³/mol. The molecule has 7 nitrogen and oxygen atoms in total. The van der Waals surface area contributed by atoms with Crippen LogP contribution in [-0.2, 0) is 26.0 Å². The van der Waals surface area contributed by atoms with Crippen molar-refractivity contribution in [3.8, 4) is 0 Å². The summed E-state index contributed by atoms with van der Waals surface area (Å²) in [4.78, 5) is 25.6. The molecule has 0 bridgehead atoms. The SMILES string of the molecule is Cc1ccc(S(=O)(=O)Nc2cccc(NC(=O)[C@H](NC(=O)Cc3ccccc3)C(C)C)c2)cc1C. The van der Waals surface area contributed by atoms with Crippen LogP contribution in [-0.4, -0.2) is 26.3 Å². The molecular weight excluding hydrogens is 462 g/mol. The fraction of sp³-hybridized carbons (Fsp3) is 0.259. The van der Waals surface area contributed by atoms with Crippen LogP contribution in [0.1, 0.15) is 30.5 Å². The van der Waals surface area contributed by atoms with Crippen LogP contribution in [0.2, 0.25) is 0 Å². The van der Waals surface area contributed by atoms with Gasteiger partial charge in [-0.15, -0.1) is 0 Å². The summed E-state index contributed by atoms with van der Waals surface area (Å²) in [6.07, 6.45) is 0.174. The second-order valence-electron chi connectivity index (χ2n) is 8.87. The number of carbonyl (C=O) groups is 2. The Morgan fingerprint density at radius 2 is 1.51 bits per heavy atom. The molecule has 2 amide bonds. The number of aryl methyl sites for hydroxylation is 2. The lowest BCUT2D eigenvalue weighted by Crippen LogP contribution is -2.47. The second kappa shape index (κ2) is 11.2. The second-order valence-corrected chi connectivity index (χ2v) is 10.6. The number of nitrogens with one attached hydrogen (secondary N) is 3. The quantitative estimate of drug-likeness (QED) is 0.410. The Balaban J connectivity index is 1.69. The number of anilines is 2. The van der Waals surface area contributed by atoms with E-state index < -0.39 is 16.1 Å². The van der Waals surface area contributed by atoms with Gasteiger partial charge in [0, 0.05) is 5.69 Å². The van der Waals surface area contributed by atoms with E-state index in [9.17, 15) is 18.0 Å². The van der Waals surface area contributed by atoms with Crippen molar-refractivity contribution < 1.29 is 18.0 Å². The zero-order valence-corrected chi connectivity index (χ0v) is 21.1. The van der Waals surface area contributed by atoms with Gasteiger partial charge in [0.25, 0.3) is 10.0 Å². The van der Waals surface area contributed by atoms with Gasteiger partial charge in [0.2, 0.25) is 11.8 Å². The van der Waals surface area contributed by atoms with E-state index in [-0.39, 0.29) is 29.0 Å². The summed E-state index contributed by atoms with van der Waals surface area (Å²) < 4.78 is 28.2. The largest absolute Gasteiger partial charge is 0.344 e. The Labute approximate surface area is 207 Å². The Bertz CT molecular complexity index is 1310. The smallest absolute Gasteiger partial charge is 0.261 e. The van der Waals surface area contributed by atoms with Crippen LogP contribution in [0.25, 0.3) is 0 Å². The van der Waals surface area contributed by atoms with Gasteiger partial charge in [0.15, 0.2) is 0 Å². The van der Waals surface area contributed by atoms with Crippen LogP contribution in [0.4, 0.5) is 11.4 Å². The van der Waals surface area contributed by atoms with Gasteiger partial charge in [-0.2, -0.15) is 0 Å². The van der Waals surface area contributed by atoms with Crippen molar-refractivity contribution in [2.24, 2.45) is 5.92 Å². The normalized spacial score (nSPS) is 12.1. The van der Waals surface area contributed by atoms with E-state index in [4.69, 9.17) is 0 Å². The molecule has 0 aliphatic heterocycles. The average Bonchev–Trinajstić information content (AvgIpc) is 2.79. The molecule has 0 fully saturated rings. The predicted octanol–water partition coefficient (Wildman–Crippen LogP) is 4.43. The Hall–Kier alpha value is -3.65. The number of benzene rings is 3. The molecule has 1 atom stereocenters. The van der Waals surface area contributed by atoms with Crippen molar-refractivity contribution in [3.05, 3.63) is 89.5 Å². The molecule has 3 N–H and O–H groups in total. The van der Waals surface area contributed by atoms with Crippen molar-refractivity contribution in [1.29, 1.82) is 0 Å². The third-order valence-electron chi connectivity index (χ3n) is 5.64. The van der Waals surface area contributed by atoms with Crippen molar-refractivity contribution in [3.63, 3.8) is 0 Å². The zero-order valence-electron chi connectivity index (χ0n) is 20.3. The summed E-state index contributed by atoms with van der Waals surface area (Å²) in [5, 5.41) is 5.59. The minimum atomic E-state index is -3.79. The van der Waals surface area contributed by atoms with Crippen molar-refractivity contribution in [2.75, 3.05) is 10.0 Å². The van der Waals surface area contributed by atoms with Crippen LogP contribution in [0, 0.1) is 19.8 Å². The molecule has 0 aliphatic rings. The zero-order chi connectivity index (χ0) is 25.6. The molecule has 0 aliphatic carbocycles. The van der Waals surface area contributed by atoms with Gasteiger partial charge in [0.05, 0.1) is 17.0 Å². The first kappa shape index (κ1) is 26.0. The van der Waals surface area contributed by atoms with Crippen LogP contribution >= 0.6 is 0 Å². The van der Waals surface area contributed by atoms with Gasteiger partial charge in [0.1, 0.15) is 6.04 Å². The van der Waals surface area contributed by atoms with Crippen LogP contribution < -0.4 is 15.4 Å². The van der Waals surface area contributed by atoms with E-state index in [0.29, 0.717) is 11.4 Å². The Kier molecular flexibility index (Phi) is 8.30. The van der Waals surface area contributed by atoms with E-state index in [0.717, 1.165) is 16.7 Å². The fourth-order valence-corrected chi connectivity index (χ4v) is 4.65. The number of rotatable bonds is 9. The summed E-state index contributed by atoms with van der Waals surface area (Å²) in [6.45, 7) is 7.47. The van der Waals surface area contributed by atoms with Crippen molar-refractivity contribution >= 4 is 33.2 Å². The third kappa shape index (κ3) is 7.16. The van der Waals surface area contributed by atoms with Gasteiger partial charge in [-0.1, -0.05) is 56.3 Å². The highest BCUT2D eigenvalue weighted by molar-refractivity contribution is 7.92. The lowest BCUT2D eigenvalue weighted by molar-refractivity contribution is -0.127. The number of carbonyl (C=O) groups excluding carboxylic acids is 2. The molecule has 3 aromatic rings. The molecule has 0 aromatic heterocycles. The standard InChI is InChI=1S/C27H31N3O4S/c1-18(2)26(29-25(31)16-21-9-6-5-7-10-21)27(32)28-22-11-8-12-23(17-22)30-35(33,34)24-14-13-19(3)20(4)15-24/h5-15,17-18,26,30H,16H2,1-4H3,(H,28,32)(H,29,31)/t26-/m1/s1. The van der Waals surface area contributed by atoms with Crippen LogP contribution in [0.5, 0.6) is 0 Å². The van der Waals surface area contributed by atoms with Gasteiger partial charge >= 0.3 is 0 Å². The van der Waals surface area contributed by atoms with Crippen LogP contribution in [0.3, 0.4) is 0 Å². The fourth-order valence-electron chi connectivity index (χ4n) is 3.52. The van der Waals surface area contributed by atoms with Gasteiger partial charge < -0.3 is 10.6 Å². The van der Waals surface area contributed by atoms with Crippen LogP contribution in [0.15, 0.2) is 77.7 Å². The topological polar surface area (TPSA) is 104 Å². The summed E-state index contributed by atoms with van der Waals surface area (Å²) in [7, 11) is -3.79. The van der Waals surface area contributed by atoms with E-state index >= 15 is 0 Å². The van der Waals surface area contributed by atoms with Gasteiger partial charge in [-0.25, -0.2) is 8.42 Å². The Morgan fingerprint density at radius 3 is 2.17 bits per heavy atom. The van der Waals surface area contributed by atoms with E-state index in [1.165, 1.54) is 0 Å². The van der Waals surface area contributed by atoms with E-state index in [2.05, 4.69) is 15.4 Å². The molecule has 184 valence electrons. The van der Waals surface area contributed by atoms with Crippen molar-refractivity contribution in [1.82, 2.24) is 5.32 Å². The molecule has 3 rings (SSSR count). The van der Waals surface area contributed by atoms with Crippen molar-refractivity contribution in [2.45, 2.75) is 45.1 Å². The first-order valence-electron chi connectivity index (χ1n) is 11.4.